The van der Waals surface area contributed by atoms with Crippen LogP contribution in [0.5, 0.6) is 5.88 Å². The molecule has 0 radical (unpaired) electrons. The van der Waals surface area contributed by atoms with Crippen LogP contribution < -0.4 is 10.1 Å². The van der Waals surface area contributed by atoms with E-state index in [1.807, 2.05) is 13.0 Å². The number of ketones is 1. The van der Waals surface area contributed by atoms with E-state index in [2.05, 4.69) is 10.3 Å². The van der Waals surface area contributed by atoms with Gasteiger partial charge in [-0.1, -0.05) is 0 Å². The topological polar surface area (TPSA) is 51.2 Å². The van der Waals surface area contributed by atoms with Gasteiger partial charge in [-0.3, -0.25) is 4.79 Å². The maximum absolute atomic E-state index is 12.6. The van der Waals surface area contributed by atoms with E-state index >= 15 is 0 Å². The summed E-state index contributed by atoms with van der Waals surface area (Å²) in [6.07, 6.45) is 6.05. The standard InChI is InChI=1S/C15H20N2O2/c1-9-5-14(19-2)16-8-13(9)15(18)10-6-11-3-4-12(7-10)17-11/h5,8,10-12,17H,3-4,6-7H2,1-2H3. The van der Waals surface area contributed by atoms with Crippen LogP contribution in [-0.2, 0) is 0 Å². The van der Waals surface area contributed by atoms with Crippen molar-refractivity contribution in [1.29, 1.82) is 0 Å². The number of ether oxygens (including phenoxy) is 1. The molecule has 0 aliphatic carbocycles. The first kappa shape index (κ1) is 12.6. The molecule has 2 fully saturated rings. The number of methoxy groups -OCH3 is 1. The van der Waals surface area contributed by atoms with Gasteiger partial charge in [-0.05, 0) is 38.2 Å². The molecule has 2 saturated heterocycles. The van der Waals surface area contributed by atoms with Gasteiger partial charge in [0.25, 0.3) is 0 Å². The van der Waals surface area contributed by atoms with Crippen LogP contribution in [0.4, 0.5) is 0 Å². The lowest BCUT2D eigenvalue weighted by Crippen LogP contribution is -2.40. The highest BCUT2D eigenvalue weighted by atomic mass is 16.5. The van der Waals surface area contributed by atoms with Gasteiger partial charge in [0.1, 0.15) is 0 Å². The minimum Gasteiger partial charge on any atom is -0.481 e. The number of hydrogen-bond acceptors (Lipinski definition) is 4. The van der Waals surface area contributed by atoms with E-state index in [1.54, 1.807) is 13.3 Å². The predicted octanol–water partition coefficient (Wildman–Crippen LogP) is 2.11. The molecular formula is C15H20N2O2. The number of rotatable bonds is 3. The highest BCUT2D eigenvalue weighted by molar-refractivity contribution is 5.99. The van der Waals surface area contributed by atoms with Gasteiger partial charge in [-0.25, -0.2) is 4.98 Å². The Balaban J connectivity index is 1.80. The molecule has 1 aromatic rings. The van der Waals surface area contributed by atoms with E-state index in [1.165, 1.54) is 12.8 Å². The van der Waals surface area contributed by atoms with E-state index in [0.29, 0.717) is 18.0 Å². The first-order chi connectivity index (χ1) is 9.17. The normalized spacial score (nSPS) is 29.3. The summed E-state index contributed by atoms with van der Waals surface area (Å²) in [6.45, 7) is 1.95. The Morgan fingerprint density at radius 2 is 2.05 bits per heavy atom. The molecule has 0 aromatic carbocycles. The van der Waals surface area contributed by atoms with Crippen LogP contribution in [0, 0.1) is 12.8 Å². The number of nitrogens with one attached hydrogen (secondary N) is 1. The highest BCUT2D eigenvalue weighted by Crippen LogP contribution is 2.33. The van der Waals surface area contributed by atoms with Crippen LogP contribution in [-0.4, -0.2) is 30.0 Å². The van der Waals surface area contributed by atoms with Crippen molar-refractivity contribution in [2.45, 2.75) is 44.7 Å². The van der Waals surface area contributed by atoms with Crippen LogP contribution in [0.25, 0.3) is 0 Å². The lowest BCUT2D eigenvalue weighted by Gasteiger charge is -2.28. The first-order valence-electron chi connectivity index (χ1n) is 6.98. The van der Waals surface area contributed by atoms with Gasteiger partial charge in [0.05, 0.1) is 7.11 Å². The Morgan fingerprint density at radius 3 is 2.63 bits per heavy atom. The van der Waals surface area contributed by atoms with Gasteiger partial charge < -0.3 is 10.1 Å². The summed E-state index contributed by atoms with van der Waals surface area (Å²) >= 11 is 0. The average Bonchev–Trinajstić information content (AvgIpc) is 2.76. The molecule has 4 heteroatoms. The number of piperidine rings is 1. The Hall–Kier alpha value is -1.42. The third-order valence-electron chi connectivity index (χ3n) is 4.40. The van der Waals surface area contributed by atoms with Crippen LogP contribution in [0.2, 0.25) is 0 Å². The molecule has 2 unspecified atom stereocenters. The summed E-state index contributed by atoms with van der Waals surface area (Å²) in [4.78, 5) is 16.8. The third-order valence-corrected chi connectivity index (χ3v) is 4.40. The number of pyridine rings is 1. The third kappa shape index (κ3) is 2.37. The number of Topliss-reactive ketones (excluding diaryl/α,β-unsaturated/α-hetero) is 1. The van der Waals surface area contributed by atoms with Crippen molar-refractivity contribution in [3.05, 3.63) is 23.4 Å². The van der Waals surface area contributed by atoms with Crippen LogP contribution >= 0.6 is 0 Å². The number of nitrogens with zero attached hydrogens (tertiary/aromatic N) is 1. The van der Waals surface area contributed by atoms with E-state index in [-0.39, 0.29) is 11.7 Å². The minimum absolute atomic E-state index is 0.160. The molecular weight excluding hydrogens is 240 g/mol. The number of fused-ring (bicyclic) bond motifs is 2. The molecule has 1 aromatic heterocycles. The second-order valence-corrected chi connectivity index (χ2v) is 5.71. The van der Waals surface area contributed by atoms with Crippen molar-refractivity contribution in [2.75, 3.05) is 7.11 Å². The summed E-state index contributed by atoms with van der Waals surface area (Å²) in [5.41, 5.74) is 1.72. The molecule has 3 heterocycles. The zero-order valence-electron chi connectivity index (χ0n) is 11.5. The van der Waals surface area contributed by atoms with Crippen LogP contribution in [0.15, 0.2) is 12.3 Å². The lowest BCUT2D eigenvalue weighted by molar-refractivity contribution is 0.0874. The van der Waals surface area contributed by atoms with Crippen molar-refractivity contribution in [3.63, 3.8) is 0 Å². The molecule has 2 aliphatic rings. The molecule has 3 rings (SSSR count). The number of aryl methyl sites for hydroxylation is 1. The molecule has 1 N–H and O–H groups in total. The van der Waals surface area contributed by atoms with E-state index < -0.39 is 0 Å². The van der Waals surface area contributed by atoms with Crippen molar-refractivity contribution < 1.29 is 9.53 Å². The summed E-state index contributed by atoms with van der Waals surface area (Å²) < 4.78 is 5.09. The Morgan fingerprint density at radius 1 is 1.37 bits per heavy atom. The maximum Gasteiger partial charge on any atom is 0.213 e. The highest BCUT2D eigenvalue weighted by Gasteiger charge is 2.37. The molecule has 2 atom stereocenters. The molecule has 2 bridgehead atoms. The quantitative estimate of drug-likeness (QED) is 0.846. The fraction of sp³-hybridized carbons (Fsp3) is 0.600. The molecule has 0 saturated carbocycles. The number of hydrogen-bond donors (Lipinski definition) is 1. The predicted molar refractivity (Wildman–Crippen MR) is 72.5 cm³/mol. The Bertz CT molecular complexity index is 489. The number of carbonyl (C=O) groups excluding carboxylic acids is 1. The zero-order valence-corrected chi connectivity index (χ0v) is 11.5. The second kappa shape index (κ2) is 4.93. The van der Waals surface area contributed by atoms with Gasteiger partial charge in [0, 0.05) is 35.8 Å². The fourth-order valence-corrected chi connectivity index (χ4v) is 3.39. The summed E-state index contributed by atoms with van der Waals surface area (Å²) in [7, 11) is 1.59. The van der Waals surface area contributed by atoms with Crippen molar-refractivity contribution in [3.8, 4) is 5.88 Å². The molecule has 0 amide bonds. The average molecular weight is 260 g/mol. The number of aromatic nitrogens is 1. The smallest absolute Gasteiger partial charge is 0.213 e. The fourth-order valence-electron chi connectivity index (χ4n) is 3.39. The van der Waals surface area contributed by atoms with Crippen LogP contribution in [0.1, 0.15) is 41.6 Å². The summed E-state index contributed by atoms with van der Waals surface area (Å²) in [5, 5.41) is 3.57. The Labute approximate surface area is 113 Å². The Kier molecular flexibility index (Phi) is 3.27. The zero-order chi connectivity index (χ0) is 13.4. The van der Waals surface area contributed by atoms with Gasteiger partial charge in [0.2, 0.25) is 5.88 Å². The lowest BCUT2D eigenvalue weighted by atomic mass is 9.85. The molecule has 19 heavy (non-hydrogen) atoms. The van der Waals surface area contributed by atoms with E-state index in [4.69, 9.17) is 4.74 Å². The number of carbonyl (C=O) groups is 1. The molecule has 4 nitrogen and oxygen atoms in total. The first-order valence-corrected chi connectivity index (χ1v) is 6.98. The van der Waals surface area contributed by atoms with E-state index in [9.17, 15) is 4.79 Å². The van der Waals surface area contributed by atoms with Crippen molar-refractivity contribution in [1.82, 2.24) is 10.3 Å². The monoisotopic (exact) mass is 260 g/mol. The maximum atomic E-state index is 12.6. The summed E-state index contributed by atoms with van der Waals surface area (Å²) in [5.74, 6) is 0.984. The van der Waals surface area contributed by atoms with Gasteiger partial charge in [-0.2, -0.15) is 0 Å². The van der Waals surface area contributed by atoms with Gasteiger partial charge in [-0.15, -0.1) is 0 Å². The largest absolute Gasteiger partial charge is 0.481 e. The SMILES string of the molecule is COc1cc(C)c(C(=O)C2CC3CCC(C2)N3)cn1. The molecule has 102 valence electrons. The minimum atomic E-state index is 0.160. The van der Waals surface area contributed by atoms with Gasteiger partial charge >= 0.3 is 0 Å². The second-order valence-electron chi connectivity index (χ2n) is 5.71. The summed E-state index contributed by atoms with van der Waals surface area (Å²) in [6, 6.07) is 2.92. The molecule has 0 spiro atoms. The van der Waals surface area contributed by atoms with E-state index in [0.717, 1.165) is 24.0 Å². The van der Waals surface area contributed by atoms with Crippen LogP contribution in [0.3, 0.4) is 0 Å². The molecule has 2 aliphatic heterocycles. The van der Waals surface area contributed by atoms with Crippen molar-refractivity contribution in [2.24, 2.45) is 5.92 Å². The van der Waals surface area contributed by atoms with Crippen molar-refractivity contribution >= 4 is 5.78 Å². The van der Waals surface area contributed by atoms with Gasteiger partial charge in [0.15, 0.2) is 5.78 Å².